The zero-order valence-corrected chi connectivity index (χ0v) is 14.3. The molecule has 0 saturated heterocycles. The van der Waals surface area contributed by atoms with E-state index >= 15 is 0 Å². The Morgan fingerprint density at radius 1 is 1.22 bits per heavy atom. The van der Waals surface area contributed by atoms with E-state index in [0.717, 1.165) is 17.3 Å². The molecule has 1 atom stereocenters. The van der Waals surface area contributed by atoms with Crippen LogP contribution in [0.2, 0.25) is 0 Å². The summed E-state index contributed by atoms with van der Waals surface area (Å²) in [5.74, 6) is -0.493. The van der Waals surface area contributed by atoms with Gasteiger partial charge in [0.15, 0.2) is 0 Å². The van der Waals surface area contributed by atoms with Crippen molar-refractivity contribution in [2.24, 2.45) is 0 Å². The normalized spacial score (nSPS) is 12.0. The van der Waals surface area contributed by atoms with E-state index in [4.69, 9.17) is 0 Å². The highest BCUT2D eigenvalue weighted by Gasteiger charge is 2.20. The number of benzene rings is 2. The van der Waals surface area contributed by atoms with Crippen molar-refractivity contribution in [1.82, 2.24) is 9.78 Å². The quantitative estimate of drug-likeness (QED) is 0.484. The molecule has 1 aromatic heterocycles. The molecule has 9 heteroatoms. The maximum Gasteiger partial charge on any atom is 0.387 e. The van der Waals surface area contributed by atoms with Gasteiger partial charge in [0.2, 0.25) is 5.75 Å². The standard InChI is InChI=1S/C18H16F2N4O3/c1-12(14-5-2-3-6-15(14)23-10-4-9-21-23)22-13-7-8-16(24(25)26)17(11-13)27-18(19)20/h2-12,18,22H,1H3. The smallest absolute Gasteiger partial charge is 0.387 e. The second-order valence-electron chi connectivity index (χ2n) is 5.69. The second-order valence-corrected chi connectivity index (χ2v) is 5.69. The average Bonchev–Trinajstić information content (AvgIpc) is 3.15. The maximum atomic E-state index is 12.6. The lowest BCUT2D eigenvalue weighted by molar-refractivity contribution is -0.386. The van der Waals surface area contributed by atoms with Crippen molar-refractivity contribution in [3.8, 4) is 11.4 Å². The number of alkyl halides is 2. The number of nitro benzene ring substituents is 1. The van der Waals surface area contributed by atoms with E-state index in [-0.39, 0.29) is 6.04 Å². The van der Waals surface area contributed by atoms with Gasteiger partial charge in [0.25, 0.3) is 0 Å². The number of nitrogens with zero attached hydrogens (tertiary/aromatic N) is 3. The van der Waals surface area contributed by atoms with Gasteiger partial charge in [-0.2, -0.15) is 13.9 Å². The van der Waals surface area contributed by atoms with Crippen LogP contribution in [0.4, 0.5) is 20.2 Å². The van der Waals surface area contributed by atoms with Crippen molar-refractivity contribution >= 4 is 11.4 Å². The third-order valence-corrected chi connectivity index (χ3v) is 3.91. The number of halogens is 2. The highest BCUT2D eigenvalue weighted by atomic mass is 19.3. The van der Waals surface area contributed by atoms with Crippen LogP contribution in [0, 0.1) is 10.1 Å². The molecule has 0 aliphatic carbocycles. The number of ether oxygens (including phenoxy) is 1. The Morgan fingerprint density at radius 2 is 2.00 bits per heavy atom. The van der Waals surface area contributed by atoms with Crippen LogP contribution in [0.5, 0.6) is 5.75 Å². The summed E-state index contributed by atoms with van der Waals surface area (Å²) in [6.45, 7) is -1.27. The molecule has 1 N–H and O–H groups in total. The van der Waals surface area contributed by atoms with Gasteiger partial charge in [-0.15, -0.1) is 0 Å². The van der Waals surface area contributed by atoms with E-state index in [0.29, 0.717) is 5.69 Å². The molecule has 0 aliphatic rings. The van der Waals surface area contributed by atoms with Gasteiger partial charge in [-0.1, -0.05) is 18.2 Å². The van der Waals surface area contributed by atoms with Gasteiger partial charge >= 0.3 is 12.3 Å². The molecule has 0 saturated carbocycles. The minimum atomic E-state index is -3.16. The lowest BCUT2D eigenvalue weighted by Gasteiger charge is -2.19. The summed E-state index contributed by atoms with van der Waals surface area (Å²) < 4.78 is 31.1. The fraction of sp³-hybridized carbons (Fsp3) is 0.167. The predicted octanol–water partition coefficient (Wildman–Crippen LogP) is 4.56. The number of para-hydroxylation sites is 1. The summed E-state index contributed by atoms with van der Waals surface area (Å²) in [4.78, 5) is 10.2. The van der Waals surface area contributed by atoms with Crippen LogP contribution in [-0.2, 0) is 0 Å². The monoisotopic (exact) mass is 374 g/mol. The third kappa shape index (κ3) is 4.20. The first-order valence-corrected chi connectivity index (χ1v) is 8.04. The summed E-state index contributed by atoms with van der Waals surface area (Å²) in [6.07, 6.45) is 3.48. The topological polar surface area (TPSA) is 82.2 Å². The third-order valence-electron chi connectivity index (χ3n) is 3.91. The van der Waals surface area contributed by atoms with E-state index in [1.165, 1.54) is 12.1 Å². The zero-order chi connectivity index (χ0) is 19.4. The van der Waals surface area contributed by atoms with Gasteiger partial charge < -0.3 is 10.1 Å². The SMILES string of the molecule is CC(Nc1ccc([N+](=O)[O-])c(OC(F)F)c1)c1ccccc1-n1cccn1. The molecule has 3 rings (SSSR count). The minimum absolute atomic E-state index is 0.230. The molecule has 0 amide bonds. The Balaban J connectivity index is 1.89. The van der Waals surface area contributed by atoms with E-state index in [1.807, 2.05) is 37.4 Å². The molecule has 0 fully saturated rings. The van der Waals surface area contributed by atoms with Gasteiger partial charge in [0, 0.05) is 30.2 Å². The molecule has 0 radical (unpaired) electrons. The molecule has 0 bridgehead atoms. The van der Waals surface area contributed by atoms with Crippen LogP contribution in [0.1, 0.15) is 18.5 Å². The van der Waals surface area contributed by atoms with Crippen LogP contribution >= 0.6 is 0 Å². The Hall–Kier alpha value is -3.49. The van der Waals surface area contributed by atoms with Gasteiger partial charge in [-0.3, -0.25) is 10.1 Å². The molecular weight excluding hydrogens is 358 g/mol. The lowest BCUT2D eigenvalue weighted by atomic mass is 10.1. The van der Waals surface area contributed by atoms with Crippen LogP contribution in [0.15, 0.2) is 60.9 Å². The van der Waals surface area contributed by atoms with Gasteiger partial charge in [0.05, 0.1) is 16.7 Å². The van der Waals surface area contributed by atoms with Gasteiger partial charge in [0.1, 0.15) is 0 Å². The van der Waals surface area contributed by atoms with E-state index in [9.17, 15) is 18.9 Å². The Kier molecular flexibility index (Phi) is 5.30. The van der Waals surface area contributed by atoms with Crippen LogP contribution in [-0.4, -0.2) is 21.3 Å². The molecule has 140 valence electrons. The summed E-state index contributed by atoms with van der Waals surface area (Å²) in [5.41, 5.74) is 1.66. The minimum Gasteiger partial charge on any atom is -0.427 e. The van der Waals surface area contributed by atoms with Crippen LogP contribution < -0.4 is 10.1 Å². The molecule has 27 heavy (non-hydrogen) atoms. The van der Waals surface area contributed by atoms with E-state index in [1.54, 1.807) is 16.9 Å². The van der Waals surface area contributed by atoms with Crippen molar-refractivity contribution in [2.45, 2.75) is 19.6 Å². The molecule has 0 aliphatic heterocycles. The summed E-state index contributed by atoms with van der Waals surface area (Å²) in [7, 11) is 0. The fourth-order valence-corrected chi connectivity index (χ4v) is 2.75. The molecule has 2 aromatic carbocycles. The first kappa shape index (κ1) is 18.3. The predicted molar refractivity (Wildman–Crippen MR) is 95.3 cm³/mol. The number of hydrogen-bond acceptors (Lipinski definition) is 5. The van der Waals surface area contributed by atoms with Gasteiger partial charge in [-0.25, -0.2) is 4.68 Å². The number of hydrogen-bond donors (Lipinski definition) is 1. The van der Waals surface area contributed by atoms with Crippen LogP contribution in [0.3, 0.4) is 0 Å². The number of nitrogens with one attached hydrogen (secondary N) is 1. The molecule has 1 unspecified atom stereocenters. The van der Waals surface area contributed by atoms with Crippen molar-refractivity contribution in [3.63, 3.8) is 0 Å². The Morgan fingerprint density at radius 3 is 2.67 bits per heavy atom. The van der Waals surface area contributed by atoms with Crippen molar-refractivity contribution < 1.29 is 18.4 Å². The van der Waals surface area contributed by atoms with E-state index < -0.39 is 23.0 Å². The summed E-state index contributed by atoms with van der Waals surface area (Å²) in [5, 5.41) is 18.4. The number of aromatic nitrogens is 2. The van der Waals surface area contributed by atoms with Crippen molar-refractivity contribution in [1.29, 1.82) is 0 Å². The molecule has 1 heterocycles. The van der Waals surface area contributed by atoms with Crippen LogP contribution in [0.25, 0.3) is 5.69 Å². The molecule has 7 nitrogen and oxygen atoms in total. The highest BCUT2D eigenvalue weighted by Crippen LogP contribution is 2.33. The van der Waals surface area contributed by atoms with E-state index in [2.05, 4.69) is 15.2 Å². The second kappa shape index (κ2) is 7.81. The maximum absolute atomic E-state index is 12.6. The first-order chi connectivity index (χ1) is 13.0. The average molecular weight is 374 g/mol. The number of nitro groups is 1. The molecular formula is C18H16F2N4O3. The fourth-order valence-electron chi connectivity index (χ4n) is 2.75. The van der Waals surface area contributed by atoms with Crippen molar-refractivity contribution in [3.05, 3.63) is 76.6 Å². The van der Waals surface area contributed by atoms with Crippen molar-refractivity contribution in [2.75, 3.05) is 5.32 Å². The Bertz CT molecular complexity index is 932. The van der Waals surface area contributed by atoms with Gasteiger partial charge in [-0.05, 0) is 30.7 Å². The Labute approximate surface area is 153 Å². The largest absolute Gasteiger partial charge is 0.427 e. The number of rotatable bonds is 7. The molecule has 3 aromatic rings. The number of anilines is 1. The zero-order valence-electron chi connectivity index (χ0n) is 14.3. The highest BCUT2D eigenvalue weighted by molar-refractivity contribution is 5.59. The summed E-state index contributed by atoms with van der Waals surface area (Å²) in [6, 6.07) is 12.9. The first-order valence-electron chi connectivity index (χ1n) is 8.04. The molecule has 0 spiro atoms. The lowest BCUT2D eigenvalue weighted by Crippen LogP contribution is -2.11. The summed E-state index contributed by atoms with van der Waals surface area (Å²) >= 11 is 0.